The molecule has 1 aromatic heterocycles. The van der Waals surface area contributed by atoms with Crippen molar-refractivity contribution in [1.29, 1.82) is 0 Å². The largest absolute Gasteiger partial charge is 0.369 e. The average molecular weight is 244 g/mol. The van der Waals surface area contributed by atoms with E-state index in [1.807, 2.05) is 19.1 Å². The Kier molecular flexibility index (Phi) is 3.09. The molecule has 18 heavy (non-hydrogen) atoms. The van der Waals surface area contributed by atoms with E-state index >= 15 is 0 Å². The molecule has 0 bridgehead atoms. The molecular weight excluding hydrogens is 232 g/mol. The summed E-state index contributed by atoms with van der Waals surface area (Å²) in [4.78, 5) is 29.3. The summed E-state index contributed by atoms with van der Waals surface area (Å²) >= 11 is 0. The number of rotatable bonds is 2. The van der Waals surface area contributed by atoms with Crippen molar-refractivity contribution in [3.05, 3.63) is 51.9 Å². The highest BCUT2D eigenvalue weighted by molar-refractivity contribution is 6.04. The predicted octanol–water partition coefficient (Wildman–Crippen LogP) is 0.913. The molecule has 1 amide bonds. The summed E-state index contributed by atoms with van der Waals surface area (Å²) in [6, 6.07) is 7.01. The van der Waals surface area contributed by atoms with Crippen LogP contribution in [0.25, 0.3) is 0 Å². The lowest BCUT2D eigenvalue weighted by Gasteiger charge is -2.04. The number of carbonyl (C=O) groups excluding carboxylic acids is 1. The van der Waals surface area contributed by atoms with Gasteiger partial charge in [-0.2, -0.15) is 0 Å². The van der Waals surface area contributed by atoms with Gasteiger partial charge in [0.15, 0.2) is 5.95 Å². The summed E-state index contributed by atoms with van der Waals surface area (Å²) in [7, 11) is 0. The summed E-state index contributed by atoms with van der Waals surface area (Å²) in [5, 5.41) is 2.47. The number of hydrogen-bond donors (Lipinski definition) is 3. The maximum absolute atomic E-state index is 11.8. The number of nitrogens with zero attached hydrogens (tertiary/aromatic N) is 1. The molecule has 0 atom stereocenters. The van der Waals surface area contributed by atoms with Crippen molar-refractivity contribution in [3.8, 4) is 0 Å². The van der Waals surface area contributed by atoms with Crippen molar-refractivity contribution in [2.45, 2.75) is 6.92 Å². The standard InChI is InChI=1S/C12H12N4O2/c1-7-2-4-8(5-3-7)10(17)15-9-6-14-12(13)16-11(9)18/h2-6H,1H3,(H,15,17)(H3,13,14,16,18). The lowest BCUT2D eigenvalue weighted by molar-refractivity contribution is 0.102. The molecule has 2 aromatic rings. The number of anilines is 2. The summed E-state index contributed by atoms with van der Waals surface area (Å²) in [6.07, 6.45) is 1.22. The van der Waals surface area contributed by atoms with Crippen LogP contribution in [-0.2, 0) is 0 Å². The summed E-state index contributed by atoms with van der Waals surface area (Å²) in [5.41, 5.74) is 6.41. The smallest absolute Gasteiger partial charge is 0.276 e. The second kappa shape index (κ2) is 4.70. The third kappa shape index (κ3) is 2.54. The van der Waals surface area contributed by atoms with Crippen LogP contribution in [0.4, 0.5) is 11.6 Å². The molecule has 0 fully saturated rings. The van der Waals surface area contributed by atoms with Gasteiger partial charge >= 0.3 is 0 Å². The number of amides is 1. The van der Waals surface area contributed by atoms with Gasteiger partial charge in [0.1, 0.15) is 5.69 Å². The fourth-order valence-electron chi connectivity index (χ4n) is 1.40. The van der Waals surface area contributed by atoms with Crippen LogP contribution in [0.2, 0.25) is 0 Å². The lowest BCUT2D eigenvalue weighted by atomic mass is 10.1. The van der Waals surface area contributed by atoms with Crippen LogP contribution in [0, 0.1) is 6.92 Å². The van der Waals surface area contributed by atoms with Gasteiger partial charge < -0.3 is 11.1 Å². The Balaban J connectivity index is 2.21. The van der Waals surface area contributed by atoms with Crippen LogP contribution in [0.5, 0.6) is 0 Å². The van der Waals surface area contributed by atoms with E-state index in [4.69, 9.17) is 5.73 Å². The molecule has 6 heteroatoms. The Bertz CT molecular complexity index is 631. The first-order valence-electron chi connectivity index (χ1n) is 5.29. The van der Waals surface area contributed by atoms with Gasteiger partial charge in [-0.25, -0.2) is 4.98 Å². The fourth-order valence-corrected chi connectivity index (χ4v) is 1.40. The molecule has 0 saturated heterocycles. The minimum atomic E-state index is -0.483. The zero-order valence-electron chi connectivity index (χ0n) is 9.73. The molecular formula is C12H12N4O2. The van der Waals surface area contributed by atoms with Gasteiger partial charge in [-0.3, -0.25) is 14.6 Å². The third-order valence-corrected chi connectivity index (χ3v) is 2.38. The van der Waals surface area contributed by atoms with Crippen LogP contribution in [-0.4, -0.2) is 15.9 Å². The van der Waals surface area contributed by atoms with E-state index in [0.29, 0.717) is 5.56 Å². The van der Waals surface area contributed by atoms with Gasteiger partial charge in [-0.05, 0) is 19.1 Å². The van der Waals surface area contributed by atoms with Crippen molar-refractivity contribution in [2.24, 2.45) is 0 Å². The number of aromatic nitrogens is 2. The molecule has 0 aliphatic heterocycles. The zero-order chi connectivity index (χ0) is 13.1. The number of H-pyrrole nitrogens is 1. The maximum Gasteiger partial charge on any atom is 0.276 e. The van der Waals surface area contributed by atoms with Crippen molar-refractivity contribution in [1.82, 2.24) is 9.97 Å². The van der Waals surface area contributed by atoms with E-state index in [2.05, 4.69) is 15.3 Å². The molecule has 6 nitrogen and oxygen atoms in total. The Hall–Kier alpha value is -2.63. The van der Waals surface area contributed by atoms with Gasteiger partial charge in [0.25, 0.3) is 11.5 Å². The monoisotopic (exact) mass is 244 g/mol. The van der Waals surface area contributed by atoms with E-state index in [9.17, 15) is 9.59 Å². The van der Waals surface area contributed by atoms with Crippen molar-refractivity contribution < 1.29 is 4.79 Å². The zero-order valence-corrected chi connectivity index (χ0v) is 9.73. The molecule has 0 aliphatic rings. The second-order valence-corrected chi connectivity index (χ2v) is 3.83. The van der Waals surface area contributed by atoms with Gasteiger partial charge in [0, 0.05) is 5.56 Å². The molecule has 0 radical (unpaired) electrons. The minimum absolute atomic E-state index is 0.00772. The average Bonchev–Trinajstić information content (AvgIpc) is 2.33. The Labute approximate surface area is 103 Å². The van der Waals surface area contributed by atoms with E-state index in [1.165, 1.54) is 6.20 Å². The first-order valence-corrected chi connectivity index (χ1v) is 5.29. The van der Waals surface area contributed by atoms with Crippen LogP contribution in [0.3, 0.4) is 0 Å². The van der Waals surface area contributed by atoms with E-state index in [0.717, 1.165) is 5.56 Å². The van der Waals surface area contributed by atoms with Crippen molar-refractivity contribution >= 4 is 17.5 Å². The van der Waals surface area contributed by atoms with E-state index < -0.39 is 5.56 Å². The highest BCUT2D eigenvalue weighted by atomic mass is 16.2. The van der Waals surface area contributed by atoms with Gasteiger partial charge in [0.2, 0.25) is 0 Å². The summed E-state index contributed by atoms with van der Waals surface area (Å²) in [5.74, 6) is -0.361. The summed E-state index contributed by atoms with van der Waals surface area (Å²) in [6.45, 7) is 1.93. The molecule has 0 spiro atoms. The molecule has 1 aromatic carbocycles. The Morgan fingerprint density at radius 1 is 1.33 bits per heavy atom. The highest BCUT2D eigenvalue weighted by Crippen LogP contribution is 2.06. The number of nitrogens with two attached hydrogens (primary N) is 1. The second-order valence-electron chi connectivity index (χ2n) is 3.83. The first kappa shape index (κ1) is 11.8. The summed E-state index contributed by atoms with van der Waals surface area (Å²) < 4.78 is 0. The van der Waals surface area contributed by atoms with Gasteiger partial charge in [-0.15, -0.1) is 0 Å². The maximum atomic E-state index is 11.8. The first-order chi connectivity index (χ1) is 8.56. The number of nitrogens with one attached hydrogen (secondary N) is 2. The Morgan fingerprint density at radius 3 is 2.61 bits per heavy atom. The van der Waals surface area contributed by atoms with Gasteiger partial charge in [0.05, 0.1) is 6.20 Å². The number of benzene rings is 1. The molecule has 1 heterocycles. The SMILES string of the molecule is Cc1ccc(C(=O)Nc2cnc(N)[nH]c2=O)cc1. The number of hydrogen-bond acceptors (Lipinski definition) is 4. The van der Waals surface area contributed by atoms with Crippen LogP contribution in [0.1, 0.15) is 15.9 Å². The van der Waals surface area contributed by atoms with Crippen LogP contribution in [0.15, 0.2) is 35.3 Å². The fraction of sp³-hybridized carbons (Fsp3) is 0.0833. The quantitative estimate of drug-likeness (QED) is 0.730. The van der Waals surface area contributed by atoms with Crippen LogP contribution >= 0.6 is 0 Å². The highest BCUT2D eigenvalue weighted by Gasteiger charge is 2.08. The molecule has 92 valence electrons. The number of nitrogen functional groups attached to an aromatic ring is 1. The molecule has 2 rings (SSSR count). The predicted molar refractivity (Wildman–Crippen MR) is 68.4 cm³/mol. The van der Waals surface area contributed by atoms with Crippen molar-refractivity contribution in [2.75, 3.05) is 11.1 Å². The van der Waals surface area contributed by atoms with E-state index in [-0.39, 0.29) is 17.5 Å². The number of carbonyl (C=O) groups is 1. The number of aryl methyl sites for hydroxylation is 1. The lowest BCUT2D eigenvalue weighted by Crippen LogP contribution is -2.21. The van der Waals surface area contributed by atoms with Gasteiger partial charge in [-0.1, -0.05) is 17.7 Å². The third-order valence-electron chi connectivity index (χ3n) is 2.38. The molecule has 0 unspecified atom stereocenters. The molecule has 4 N–H and O–H groups in total. The topological polar surface area (TPSA) is 101 Å². The normalized spacial score (nSPS) is 10.1. The molecule has 0 aliphatic carbocycles. The minimum Gasteiger partial charge on any atom is -0.369 e. The number of aromatic amines is 1. The Morgan fingerprint density at radius 2 is 2.00 bits per heavy atom. The van der Waals surface area contributed by atoms with Crippen LogP contribution < -0.4 is 16.6 Å². The molecule has 0 saturated carbocycles. The van der Waals surface area contributed by atoms with E-state index in [1.54, 1.807) is 12.1 Å². The van der Waals surface area contributed by atoms with Crippen molar-refractivity contribution in [3.63, 3.8) is 0 Å².